The van der Waals surface area contributed by atoms with Gasteiger partial charge in [-0.1, -0.05) is 19.9 Å². The number of esters is 1. The number of hydrogen-bond acceptors (Lipinski definition) is 10. The van der Waals surface area contributed by atoms with Gasteiger partial charge in [0.05, 0.1) is 6.42 Å². The van der Waals surface area contributed by atoms with E-state index in [4.69, 9.17) is 24.0 Å². The Hall–Kier alpha value is -2.93. The summed E-state index contributed by atoms with van der Waals surface area (Å²) < 4.78 is 18.3. The van der Waals surface area contributed by atoms with Crippen LogP contribution >= 0.6 is 0 Å². The highest BCUT2D eigenvalue weighted by Gasteiger charge is 2.69. The highest BCUT2D eigenvalue weighted by atomic mass is 17.3. The number of aromatic hydroxyl groups is 2. The van der Waals surface area contributed by atoms with E-state index < -0.39 is 29.9 Å². The second-order valence-corrected chi connectivity index (χ2v) is 12.6. The fourth-order valence-corrected chi connectivity index (χ4v) is 7.14. The second kappa shape index (κ2) is 13.0. The molecule has 1 aliphatic carbocycles. The molecule has 8 atom stereocenters. The van der Waals surface area contributed by atoms with Crippen LogP contribution < -0.4 is 10.6 Å². The molecular weight excluding hydrogens is 560 g/mol. The van der Waals surface area contributed by atoms with E-state index in [0.717, 1.165) is 24.8 Å². The lowest BCUT2D eigenvalue weighted by atomic mass is 9.58. The number of fused-ring (bicyclic) bond motifs is 2. The van der Waals surface area contributed by atoms with Crippen LogP contribution in [0.5, 0.6) is 11.5 Å². The summed E-state index contributed by atoms with van der Waals surface area (Å²) in [4.78, 5) is 49.0. The fraction of sp³-hybridized carbons (Fsp3) is 0.710. The number of hydrogen-bond donors (Lipinski definition) is 4. The van der Waals surface area contributed by atoms with E-state index in [1.807, 2.05) is 13.8 Å². The Kier molecular flexibility index (Phi) is 9.50. The van der Waals surface area contributed by atoms with Gasteiger partial charge in [-0.25, -0.2) is 9.78 Å². The van der Waals surface area contributed by atoms with Crippen molar-refractivity contribution in [3.8, 4) is 11.5 Å². The molecule has 1 spiro atoms. The maximum atomic E-state index is 12.7. The molecule has 12 nitrogen and oxygen atoms in total. The van der Waals surface area contributed by atoms with Crippen LogP contribution in [0, 0.1) is 23.7 Å². The SMILES string of the molecule is C[C@@H]1[C@@H](OC(=O)CCC(=O)NCCCC(=O)NCCc2ccc(O)c(O)c2)O[C@H]2O[C@@]3(C)CC[C@H]4[C@H](C)CC[C@H]1[C@@]24OO3. The van der Waals surface area contributed by atoms with Crippen molar-refractivity contribution >= 4 is 17.8 Å². The van der Waals surface area contributed by atoms with E-state index >= 15 is 0 Å². The summed E-state index contributed by atoms with van der Waals surface area (Å²) >= 11 is 0. The van der Waals surface area contributed by atoms with Crippen LogP contribution in [-0.4, -0.2) is 65.1 Å². The standard InChI is InChI=1S/C31H44N2O10/c1-18-6-8-22-19(2)28(40-29-31(22)21(18)12-14-30(3,41-29)42-43-31)39-27(38)11-10-26(37)32-15-4-5-25(36)33-16-13-20-7-9-23(34)24(35)17-20/h7,9,17-19,21-22,28-29,34-35H,4-6,8,10-16H2,1-3H3,(H,32,37)(H,33,36)/t18-,19+,21+,22-,28+,29+,30-,31-/m1/s1. The van der Waals surface area contributed by atoms with E-state index in [1.54, 1.807) is 6.07 Å². The molecule has 5 fully saturated rings. The fourth-order valence-electron chi connectivity index (χ4n) is 7.14. The van der Waals surface area contributed by atoms with Crippen molar-refractivity contribution in [2.75, 3.05) is 13.1 Å². The molecule has 4 heterocycles. The number of phenols is 2. The van der Waals surface area contributed by atoms with Crippen molar-refractivity contribution < 1.29 is 48.6 Å². The summed E-state index contributed by atoms with van der Waals surface area (Å²) in [5, 5.41) is 24.4. The van der Waals surface area contributed by atoms with Crippen molar-refractivity contribution in [1.29, 1.82) is 0 Å². The van der Waals surface area contributed by atoms with E-state index in [1.165, 1.54) is 12.1 Å². The molecular formula is C31H44N2O10. The average molecular weight is 605 g/mol. The van der Waals surface area contributed by atoms with E-state index in [2.05, 4.69) is 17.6 Å². The number of phenolic OH excluding ortho intramolecular Hbond substituents is 2. The molecule has 0 radical (unpaired) electrons. The van der Waals surface area contributed by atoms with Gasteiger partial charge in [0, 0.05) is 44.2 Å². The predicted octanol–water partition coefficient (Wildman–Crippen LogP) is 3.18. The Morgan fingerprint density at radius 2 is 1.72 bits per heavy atom. The molecule has 43 heavy (non-hydrogen) atoms. The first kappa shape index (κ1) is 31.5. The molecule has 2 amide bonds. The van der Waals surface area contributed by atoms with Crippen LogP contribution in [0.4, 0.5) is 0 Å². The van der Waals surface area contributed by atoms with E-state index in [9.17, 15) is 24.6 Å². The summed E-state index contributed by atoms with van der Waals surface area (Å²) in [6.07, 6.45) is 3.09. The zero-order valence-corrected chi connectivity index (χ0v) is 25.1. The molecule has 238 valence electrons. The molecule has 1 aromatic carbocycles. The van der Waals surface area contributed by atoms with Crippen LogP contribution in [0.2, 0.25) is 0 Å². The first-order valence-electron chi connectivity index (χ1n) is 15.4. The minimum absolute atomic E-state index is 0.0342. The Bertz CT molecular complexity index is 1200. The highest BCUT2D eigenvalue weighted by Crippen LogP contribution is 2.60. The smallest absolute Gasteiger partial charge is 0.308 e. The summed E-state index contributed by atoms with van der Waals surface area (Å²) in [6, 6.07) is 4.53. The molecule has 0 unspecified atom stereocenters. The molecule has 4 saturated heterocycles. The number of carbonyl (C=O) groups excluding carboxylic acids is 3. The molecule has 5 aliphatic rings. The van der Waals surface area contributed by atoms with Crippen molar-refractivity contribution in [3.05, 3.63) is 23.8 Å². The van der Waals surface area contributed by atoms with Gasteiger partial charge in [0.25, 0.3) is 0 Å². The predicted molar refractivity (Wildman–Crippen MR) is 151 cm³/mol. The maximum absolute atomic E-state index is 12.7. The summed E-state index contributed by atoms with van der Waals surface area (Å²) in [5.41, 5.74) is 0.0543. The summed E-state index contributed by atoms with van der Waals surface area (Å²) in [7, 11) is 0. The third kappa shape index (κ3) is 6.77. The third-order valence-electron chi connectivity index (χ3n) is 9.58. The normalized spacial score (nSPS) is 34.5. The number of ether oxygens (including phenoxy) is 3. The first-order valence-corrected chi connectivity index (χ1v) is 15.4. The van der Waals surface area contributed by atoms with E-state index in [-0.39, 0.29) is 60.3 Å². The zero-order chi connectivity index (χ0) is 30.8. The summed E-state index contributed by atoms with van der Waals surface area (Å²) in [5.74, 6) is -1.73. The molecule has 4 aliphatic heterocycles. The maximum Gasteiger partial charge on any atom is 0.308 e. The van der Waals surface area contributed by atoms with Crippen molar-refractivity contribution in [2.24, 2.45) is 23.7 Å². The molecule has 12 heteroatoms. The Balaban J connectivity index is 1.01. The van der Waals surface area contributed by atoms with Crippen LogP contribution in [0.1, 0.15) is 77.7 Å². The molecule has 2 bridgehead atoms. The lowest BCUT2D eigenvalue weighted by Gasteiger charge is -2.59. The first-order chi connectivity index (χ1) is 20.5. The Labute approximate surface area is 251 Å². The minimum atomic E-state index is -0.913. The quantitative estimate of drug-likeness (QED) is 0.128. The van der Waals surface area contributed by atoms with Gasteiger partial charge in [-0.05, 0) is 68.6 Å². The van der Waals surface area contributed by atoms with Crippen LogP contribution in [0.25, 0.3) is 0 Å². The van der Waals surface area contributed by atoms with Gasteiger partial charge < -0.3 is 35.1 Å². The van der Waals surface area contributed by atoms with Crippen molar-refractivity contribution in [3.63, 3.8) is 0 Å². The van der Waals surface area contributed by atoms with E-state index in [0.29, 0.717) is 38.3 Å². The highest BCUT2D eigenvalue weighted by molar-refractivity contribution is 5.81. The van der Waals surface area contributed by atoms with Crippen LogP contribution in [0.15, 0.2) is 18.2 Å². The van der Waals surface area contributed by atoms with Gasteiger partial charge in [0.15, 0.2) is 23.4 Å². The molecule has 4 N–H and O–H groups in total. The number of carbonyl (C=O) groups is 3. The monoisotopic (exact) mass is 604 g/mol. The molecule has 1 saturated carbocycles. The lowest BCUT2D eigenvalue weighted by Crippen LogP contribution is -2.70. The minimum Gasteiger partial charge on any atom is -0.504 e. The number of benzene rings is 1. The van der Waals surface area contributed by atoms with Crippen LogP contribution in [-0.2, 0) is 44.8 Å². The summed E-state index contributed by atoms with van der Waals surface area (Å²) in [6.45, 7) is 6.78. The number of rotatable bonds is 11. The topological polar surface area (TPSA) is 162 Å². The second-order valence-electron chi connectivity index (χ2n) is 12.6. The van der Waals surface area contributed by atoms with Crippen molar-refractivity contribution in [1.82, 2.24) is 10.6 Å². The van der Waals surface area contributed by atoms with Crippen LogP contribution in [0.3, 0.4) is 0 Å². The van der Waals surface area contributed by atoms with Gasteiger partial charge in [-0.15, -0.1) is 0 Å². The Morgan fingerprint density at radius 1 is 0.953 bits per heavy atom. The van der Waals surface area contributed by atoms with Crippen molar-refractivity contribution in [2.45, 2.75) is 103 Å². The zero-order valence-electron chi connectivity index (χ0n) is 25.1. The Morgan fingerprint density at radius 3 is 2.51 bits per heavy atom. The lowest BCUT2D eigenvalue weighted by molar-refractivity contribution is -0.576. The van der Waals surface area contributed by atoms with Gasteiger partial charge in [-0.2, -0.15) is 0 Å². The molecule has 0 aromatic heterocycles. The molecule has 1 aromatic rings. The average Bonchev–Trinajstić information content (AvgIpc) is 3.20. The van der Waals surface area contributed by atoms with Gasteiger partial charge in [0.1, 0.15) is 0 Å². The van der Waals surface area contributed by atoms with Gasteiger partial charge >= 0.3 is 5.97 Å². The number of amides is 2. The molecule has 6 rings (SSSR count). The number of nitrogens with one attached hydrogen (secondary N) is 2. The van der Waals surface area contributed by atoms with Gasteiger partial charge in [0.2, 0.25) is 23.9 Å². The third-order valence-corrected chi connectivity index (χ3v) is 9.58. The largest absolute Gasteiger partial charge is 0.504 e. The van der Waals surface area contributed by atoms with Gasteiger partial charge in [-0.3, -0.25) is 14.4 Å².